The van der Waals surface area contributed by atoms with Gasteiger partial charge in [-0.05, 0) is 49.6 Å². The summed E-state index contributed by atoms with van der Waals surface area (Å²) in [5.41, 5.74) is 0.498. The maximum Gasteiger partial charge on any atom is 0.420 e. The van der Waals surface area contributed by atoms with Crippen molar-refractivity contribution in [3.63, 3.8) is 0 Å². The second-order valence-electron chi connectivity index (χ2n) is 6.30. The lowest BCUT2D eigenvalue weighted by molar-refractivity contribution is -0.138. The van der Waals surface area contributed by atoms with Crippen LogP contribution in [-0.2, 0) is 17.4 Å². The Balaban J connectivity index is 0.00000204. The van der Waals surface area contributed by atoms with Crippen LogP contribution in [0.15, 0.2) is 47.8 Å². The molecule has 0 atom stereocenters. The zero-order valence-electron chi connectivity index (χ0n) is 17.4. The van der Waals surface area contributed by atoms with Crippen molar-refractivity contribution < 1.29 is 27.1 Å². The van der Waals surface area contributed by atoms with E-state index in [1.807, 2.05) is 13.8 Å². The van der Waals surface area contributed by atoms with Gasteiger partial charge in [-0.15, -0.1) is 0 Å². The topological polar surface area (TPSA) is 29.5 Å². The van der Waals surface area contributed by atoms with Crippen LogP contribution in [0, 0.1) is 0 Å². The molecule has 2 rings (SSSR count). The van der Waals surface area contributed by atoms with Gasteiger partial charge < -0.3 is 9.64 Å². The standard InChI is InChI=1S/C20H21F4NO2.C2H6/c1-5-13(16(21)8-12(2)3)10-19(26)25-7-6-14-9-18(27-4)15(11-17(14)25)20(22,23)24;1-2/h5,8-9,11H,2,6-7,10H2,1,3-4H3;1-2H3/b13-5-,16-8+;. The molecule has 0 radical (unpaired) electrons. The first-order chi connectivity index (χ1) is 13.6. The van der Waals surface area contributed by atoms with Crippen LogP contribution in [0.4, 0.5) is 23.2 Å². The van der Waals surface area contributed by atoms with Crippen molar-refractivity contribution >= 4 is 11.6 Å². The van der Waals surface area contributed by atoms with Gasteiger partial charge in [-0.1, -0.05) is 32.1 Å². The highest BCUT2D eigenvalue weighted by Crippen LogP contribution is 2.42. The number of carbonyl (C=O) groups is 1. The molecule has 0 bridgehead atoms. The van der Waals surface area contributed by atoms with Crippen LogP contribution in [0.25, 0.3) is 0 Å². The fraction of sp³-hybridized carbons (Fsp3) is 0.409. The lowest BCUT2D eigenvalue weighted by Gasteiger charge is -2.20. The van der Waals surface area contributed by atoms with E-state index in [-0.39, 0.29) is 30.0 Å². The molecule has 7 heteroatoms. The van der Waals surface area contributed by atoms with Crippen LogP contribution in [0.2, 0.25) is 0 Å². The van der Waals surface area contributed by atoms with E-state index in [1.54, 1.807) is 13.8 Å². The van der Waals surface area contributed by atoms with Crippen molar-refractivity contribution in [2.45, 2.75) is 46.7 Å². The number of carbonyl (C=O) groups excluding carboxylic acids is 1. The van der Waals surface area contributed by atoms with Gasteiger partial charge in [-0.3, -0.25) is 4.79 Å². The van der Waals surface area contributed by atoms with Gasteiger partial charge in [-0.25, -0.2) is 4.39 Å². The summed E-state index contributed by atoms with van der Waals surface area (Å²) in [6, 6.07) is 2.23. The molecule has 0 unspecified atom stereocenters. The number of methoxy groups -OCH3 is 1. The van der Waals surface area contributed by atoms with Gasteiger partial charge >= 0.3 is 6.18 Å². The molecule has 1 aromatic rings. The molecule has 1 amide bonds. The molecular weight excluding hydrogens is 386 g/mol. The third kappa shape index (κ3) is 5.95. The fourth-order valence-corrected chi connectivity index (χ4v) is 2.96. The number of hydrogen-bond donors (Lipinski definition) is 0. The lowest BCUT2D eigenvalue weighted by Crippen LogP contribution is -2.29. The second kappa shape index (κ2) is 10.3. The van der Waals surface area contributed by atoms with Crippen LogP contribution < -0.4 is 9.64 Å². The number of fused-ring (bicyclic) bond motifs is 1. The summed E-state index contributed by atoms with van der Waals surface area (Å²) in [6.45, 7) is 11.0. The largest absolute Gasteiger partial charge is 0.496 e. The molecule has 1 aliphatic heterocycles. The van der Waals surface area contributed by atoms with Crippen LogP contribution in [0.1, 0.15) is 45.2 Å². The van der Waals surface area contributed by atoms with Crippen molar-refractivity contribution in [3.8, 4) is 5.75 Å². The molecule has 0 saturated heterocycles. The average molecular weight is 413 g/mol. The number of allylic oxidation sites excluding steroid dienone is 4. The smallest absolute Gasteiger partial charge is 0.420 e. The summed E-state index contributed by atoms with van der Waals surface area (Å²) in [7, 11) is 1.17. The Labute approximate surface area is 169 Å². The Morgan fingerprint density at radius 3 is 2.41 bits per heavy atom. The maximum atomic E-state index is 14.2. The van der Waals surface area contributed by atoms with Crippen LogP contribution >= 0.6 is 0 Å². The zero-order valence-corrected chi connectivity index (χ0v) is 17.4. The number of ether oxygens (including phenoxy) is 1. The van der Waals surface area contributed by atoms with E-state index in [1.165, 1.54) is 30.2 Å². The average Bonchev–Trinajstić information content (AvgIpc) is 3.08. The minimum absolute atomic E-state index is 0.168. The Hall–Kier alpha value is -2.57. The molecule has 1 heterocycles. The van der Waals surface area contributed by atoms with E-state index in [4.69, 9.17) is 4.74 Å². The van der Waals surface area contributed by atoms with Gasteiger partial charge in [0.15, 0.2) is 0 Å². The second-order valence-corrected chi connectivity index (χ2v) is 6.30. The maximum absolute atomic E-state index is 14.2. The number of amides is 1. The SMILES string of the molecule is C=C(C)/C=C(F)\C(=C/C)CC(=O)N1CCc2cc(OC)c(C(F)(F)F)cc21.CC. The highest BCUT2D eigenvalue weighted by Gasteiger charge is 2.37. The lowest BCUT2D eigenvalue weighted by atomic mass is 10.1. The van der Waals surface area contributed by atoms with Crippen molar-refractivity contribution in [2.24, 2.45) is 0 Å². The summed E-state index contributed by atoms with van der Waals surface area (Å²) in [6.07, 6.45) is -1.77. The van der Waals surface area contributed by atoms with Gasteiger partial charge in [0.25, 0.3) is 0 Å². The fourth-order valence-electron chi connectivity index (χ4n) is 2.96. The first-order valence-corrected chi connectivity index (χ1v) is 9.35. The number of alkyl halides is 3. The third-order valence-corrected chi connectivity index (χ3v) is 4.27. The summed E-state index contributed by atoms with van der Waals surface area (Å²) in [4.78, 5) is 13.9. The van der Waals surface area contributed by atoms with E-state index in [9.17, 15) is 22.4 Å². The van der Waals surface area contributed by atoms with Gasteiger partial charge in [0.1, 0.15) is 11.6 Å². The molecular formula is C22H27F4NO2. The van der Waals surface area contributed by atoms with Gasteiger partial charge in [0, 0.05) is 12.2 Å². The van der Waals surface area contributed by atoms with Gasteiger partial charge in [0.05, 0.1) is 19.1 Å². The number of anilines is 1. The third-order valence-electron chi connectivity index (χ3n) is 4.27. The predicted octanol–water partition coefficient (Wildman–Crippen LogP) is 6.40. The van der Waals surface area contributed by atoms with Gasteiger partial charge in [-0.2, -0.15) is 13.2 Å². The summed E-state index contributed by atoms with van der Waals surface area (Å²) in [5.74, 6) is -1.32. The molecule has 0 fully saturated rings. The number of nitrogens with zero attached hydrogens (tertiary/aromatic N) is 1. The summed E-state index contributed by atoms with van der Waals surface area (Å²) in [5, 5.41) is 0. The Morgan fingerprint density at radius 1 is 1.31 bits per heavy atom. The first-order valence-electron chi connectivity index (χ1n) is 9.35. The number of rotatable bonds is 5. The molecule has 0 saturated carbocycles. The van der Waals surface area contributed by atoms with Crippen molar-refractivity contribution in [3.05, 3.63) is 59.0 Å². The van der Waals surface area contributed by atoms with Crippen molar-refractivity contribution in [1.29, 1.82) is 0 Å². The zero-order chi connectivity index (χ0) is 22.4. The molecule has 0 N–H and O–H groups in total. The molecule has 3 nitrogen and oxygen atoms in total. The highest BCUT2D eigenvalue weighted by molar-refractivity contribution is 5.97. The number of benzene rings is 1. The van der Waals surface area contributed by atoms with E-state index < -0.39 is 23.5 Å². The number of hydrogen-bond acceptors (Lipinski definition) is 2. The quantitative estimate of drug-likeness (QED) is 0.413. The Bertz CT molecular complexity index is 823. The molecule has 1 aromatic carbocycles. The van der Waals surface area contributed by atoms with Crippen molar-refractivity contribution in [2.75, 3.05) is 18.6 Å². The summed E-state index contributed by atoms with van der Waals surface area (Å²) >= 11 is 0. The normalized spacial score (nSPS) is 14.2. The molecule has 160 valence electrons. The molecule has 0 spiro atoms. The van der Waals surface area contributed by atoms with Crippen LogP contribution in [0.3, 0.4) is 0 Å². The van der Waals surface area contributed by atoms with E-state index in [0.717, 1.165) is 6.07 Å². The highest BCUT2D eigenvalue weighted by atomic mass is 19.4. The predicted molar refractivity (Wildman–Crippen MR) is 108 cm³/mol. The van der Waals surface area contributed by atoms with Gasteiger partial charge in [0.2, 0.25) is 5.91 Å². The summed E-state index contributed by atoms with van der Waals surface area (Å²) < 4.78 is 58.8. The number of halogens is 4. The van der Waals surface area contributed by atoms with Crippen molar-refractivity contribution in [1.82, 2.24) is 0 Å². The minimum Gasteiger partial charge on any atom is -0.496 e. The molecule has 29 heavy (non-hydrogen) atoms. The first kappa shape index (κ1) is 24.5. The molecule has 1 aliphatic rings. The van der Waals surface area contributed by atoms with E-state index in [0.29, 0.717) is 17.6 Å². The minimum atomic E-state index is -4.61. The Kier molecular flexibility index (Phi) is 8.67. The molecule has 0 aromatic heterocycles. The van der Waals surface area contributed by atoms with E-state index >= 15 is 0 Å². The van der Waals surface area contributed by atoms with E-state index in [2.05, 4.69) is 6.58 Å². The monoisotopic (exact) mass is 413 g/mol. The Morgan fingerprint density at radius 2 is 1.93 bits per heavy atom. The molecule has 0 aliphatic carbocycles. The van der Waals surface area contributed by atoms with Crippen LogP contribution in [-0.4, -0.2) is 19.6 Å². The van der Waals surface area contributed by atoms with Crippen LogP contribution in [0.5, 0.6) is 5.75 Å².